The first-order valence-corrected chi connectivity index (χ1v) is 16.9. The molecule has 2 aliphatic carbocycles. The molecule has 0 atom stereocenters. The van der Waals surface area contributed by atoms with Gasteiger partial charge in [0.2, 0.25) is 0 Å². The summed E-state index contributed by atoms with van der Waals surface area (Å²) in [6.45, 7) is 19.8. The van der Waals surface area contributed by atoms with Crippen LogP contribution in [0.4, 0.5) is 0 Å². The Morgan fingerprint density at radius 1 is 0.885 bits per heavy atom. The molecular formula is C22H29NSSi2. The number of allylic oxidation sites excluding steroid dienone is 2. The molecule has 136 valence electrons. The molecule has 0 aliphatic heterocycles. The van der Waals surface area contributed by atoms with Crippen LogP contribution in [0, 0.1) is 0 Å². The molecule has 0 spiro atoms. The summed E-state index contributed by atoms with van der Waals surface area (Å²) < 4.78 is 0. The van der Waals surface area contributed by atoms with Crippen LogP contribution in [0.2, 0.25) is 37.8 Å². The third-order valence-electron chi connectivity index (χ3n) is 6.48. The molecule has 2 aromatic heterocycles. The zero-order chi connectivity index (χ0) is 19.1. The highest BCUT2D eigenvalue weighted by atomic mass is 32.1. The van der Waals surface area contributed by atoms with E-state index >= 15 is 0 Å². The maximum absolute atomic E-state index is 4.92. The lowest BCUT2D eigenvalue weighted by molar-refractivity contribution is 0.730. The van der Waals surface area contributed by atoms with Crippen LogP contribution in [0.5, 0.6) is 0 Å². The Balaban J connectivity index is 2.18. The maximum atomic E-state index is 4.92. The number of nitrogens with zero attached hydrogens (tertiary/aromatic N) is 1. The average molecular weight is 396 g/mol. The van der Waals surface area contributed by atoms with Crippen LogP contribution in [0.3, 0.4) is 0 Å². The molecule has 26 heavy (non-hydrogen) atoms. The predicted octanol–water partition coefficient (Wildman–Crippen LogP) is 7.22. The molecule has 4 rings (SSSR count). The fraction of sp³-hybridized carbons (Fsp3) is 0.409. The van der Waals surface area contributed by atoms with Gasteiger partial charge in [-0.3, -0.25) is 4.98 Å². The molecule has 0 saturated carbocycles. The predicted molar refractivity (Wildman–Crippen MR) is 123 cm³/mol. The summed E-state index contributed by atoms with van der Waals surface area (Å²) in [5.41, 5.74) is 7.18. The van der Waals surface area contributed by atoms with Gasteiger partial charge in [0.15, 0.2) is 0 Å². The molecule has 2 aromatic rings. The van der Waals surface area contributed by atoms with E-state index in [-0.39, 0.29) is 0 Å². The highest BCUT2D eigenvalue weighted by Gasteiger charge is 2.49. The van der Waals surface area contributed by atoms with Crippen LogP contribution in [-0.2, 0) is 0 Å². The zero-order valence-corrected chi connectivity index (χ0v) is 20.1. The smallest absolute Gasteiger partial charge is 0.0876 e. The second-order valence-electron chi connectivity index (χ2n) is 10.2. The lowest BCUT2D eigenvalue weighted by Gasteiger charge is -2.39. The second kappa shape index (κ2) is 5.40. The van der Waals surface area contributed by atoms with Gasteiger partial charge in [-0.15, -0.1) is 11.3 Å². The second-order valence-corrected chi connectivity index (χ2v) is 21.4. The summed E-state index contributed by atoms with van der Waals surface area (Å²) in [5.74, 6) is 0. The van der Waals surface area contributed by atoms with Gasteiger partial charge in [-0.2, -0.15) is 0 Å². The van der Waals surface area contributed by atoms with Gasteiger partial charge in [-0.25, -0.2) is 0 Å². The highest BCUT2D eigenvalue weighted by Crippen LogP contribution is 2.61. The highest BCUT2D eigenvalue weighted by molar-refractivity contribution is 7.15. The molecule has 1 nitrogen and oxygen atoms in total. The number of hydrogen-bond donors (Lipinski definition) is 0. The number of hydrogen-bond acceptors (Lipinski definition) is 2. The van der Waals surface area contributed by atoms with Crippen LogP contribution < -0.4 is 0 Å². The van der Waals surface area contributed by atoms with Crippen molar-refractivity contribution in [2.24, 2.45) is 0 Å². The van der Waals surface area contributed by atoms with Crippen molar-refractivity contribution in [3.8, 4) is 0 Å². The van der Waals surface area contributed by atoms with Crippen molar-refractivity contribution >= 4 is 49.0 Å². The van der Waals surface area contributed by atoms with Crippen LogP contribution in [0.15, 0.2) is 29.8 Å². The van der Waals surface area contributed by atoms with Crippen LogP contribution >= 0.6 is 11.3 Å². The van der Waals surface area contributed by atoms with Gasteiger partial charge in [0.25, 0.3) is 0 Å². The Morgan fingerprint density at radius 3 is 2.19 bits per heavy atom. The largest absolute Gasteiger partial charge is 0.256 e. The molecule has 0 fully saturated rings. The summed E-state index contributed by atoms with van der Waals surface area (Å²) in [6, 6.07) is 6.81. The fourth-order valence-electron chi connectivity index (χ4n) is 4.25. The lowest BCUT2D eigenvalue weighted by atomic mass is 10.1. The standard InChI is InChI=1S/C22H29NSSi2/c1-22(2,3)26(7,8)20-15-10-9-12-23-18(15)17-16(20)14-11-13-24-19(14)21(17)25(4,5)6/h9-13H,1-8H3. The molecule has 0 saturated heterocycles. The molecule has 4 heteroatoms. The molecule has 0 unspecified atom stereocenters. The first kappa shape index (κ1) is 18.1. The number of aromatic nitrogens is 1. The minimum Gasteiger partial charge on any atom is -0.256 e. The van der Waals surface area contributed by atoms with Crippen molar-refractivity contribution in [1.82, 2.24) is 4.98 Å². The third-order valence-corrected chi connectivity index (χ3v) is 15.1. The fourth-order valence-corrected chi connectivity index (χ4v) is 10.5. The number of thiophene rings is 1. The Morgan fingerprint density at radius 2 is 1.58 bits per heavy atom. The van der Waals surface area contributed by atoms with Gasteiger partial charge in [0.05, 0.1) is 21.8 Å². The Labute approximate surface area is 163 Å². The Hall–Kier alpha value is -1.24. The normalized spacial score (nSPS) is 16.9. The maximum Gasteiger partial charge on any atom is 0.0876 e. The van der Waals surface area contributed by atoms with Crippen molar-refractivity contribution < 1.29 is 0 Å². The Bertz CT molecular complexity index is 978. The van der Waals surface area contributed by atoms with E-state index in [1.54, 1.807) is 16.0 Å². The molecule has 0 N–H and O–H groups in total. The molecular weight excluding hydrogens is 366 g/mol. The van der Waals surface area contributed by atoms with Gasteiger partial charge in [0.1, 0.15) is 0 Å². The summed E-state index contributed by atoms with van der Waals surface area (Å²) in [6.07, 6.45) is 1.98. The van der Waals surface area contributed by atoms with Crippen LogP contribution in [-0.4, -0.2) is 21.1 Å². The molecule has 0 amide bonds. The molecule has 2 aliphatic rings. The van der Waals surface area contributed by atoms with Crippen LogP contribution in [0.1, 0.15) is 42.5 Å². The van der Waals surface area contributed by atoms with Gasteiger partial charge in [-0.05, 0) is 38.5 Å². The topological polar surface area (TPSA) is 12.9 Å². The summed E-state index contributed by atoms with van der Waals surface area (Å²) in [4.78, 5) is 6.45. The van der Waals surface area contributed by atoms with E-state index < -0.39 is 16.1 Å². The summed E-state index contributed by atoms with van der Waals surface area (Å²) in [5, 5.41) is 5.85. The average Bonchev–Trinajstić information content (AvgIpc) is 3.13. The van der Waals surface area contributed by atoms with E-state index in [0.29, 0.717) is 5.04 Å². The number of fused-ring (bicyclic) bond motifs is 5. The Kier molecular flexibility index (Phi) is 3.77. The van der Waals surface area contributed by atoms with E-state index in [1.165, 1.54) is 27.3 Å². The summed E-state index contributed by atoms with van der Waals surface area (Å²) in [7, 11) is -3.21. The van der Waals surface area contributed by atoms with Crippen molar-refractivity contribution in [3.05, 3.63) is 51.5 Å². The van der Waals surface area contributed by atoms with Crippen LogP contribution in [0.25, 0.3) is 21.5 Å². The first-order chi connectivity index (χ1) is 12.0. The number of pyridine rings is 1. The molecule has 2 heterocycles. The van der Waals surface area contributed by atoms with E-state index in [9.17, 15) is 0 Å². The van der Waals surface area contributed by atoms with E-state index in [1.807, 2.05) is 17.5 Å². The minimum absolute atomic E-state index is 0.302. The minimum atomic E-state index is -1.71. The van der Waals surface area contributed by atoms with Crippen molar-refractivity contribution in [3.63, 3.8) is 0 Å². The SMILES string of the molecule is CC(C)(C)[Si](C)(C)C1=C2C(=C([Si](C)(C)C)c3sccc32)c2ncccc21. The van der Waals surface area contributed by atoms with Crippen molar-refractivity contribution in [2.45, 2.75) is 58.5 Å². The van der Waals surface area contributed by atoms with Gasteiger partial charge in [-0.1, -0.05) is 59.6 Å². The van der Waals surface area contributed by atoms with E-state index in [2.05, 4.69) is 77.1 Å². The van der Waals surface area contributed by atoms with Gasteiger partial charge < -0.3 is 0 Å². The molecule has 0 aromatic carbocycles. The quantitative estimate of drug-likeness (QED) is 0.489. The third kappa shape index (κ3) is 2.28. The first-order valence-electron chi connectivity index (χ1n) is 9.50. The summed E-state index contributed by atoms with van der Waals surface area (Å²) >= 11 is 1.93. The van der Waals surface area contributed by atoms with E-state index in [4.69, 9.17) is 4.98 Å². The van der Waals surface area contributed by atoms with Gasteiger partial charge >= 0.3 is 0 Å². The van der Waals surface area contributed by atoms with E-state index in [0.717, 1.165) is 0 Å². The lowest BCUT2D eigenvalue weighted by Crippen LogP contribution is -2.39. The van der Waals surface area contributed by atoms with Crippen molar-refractivity contribution in [2.75, 3.05) is 0 Å². The van der Waals surface area contributed by atoms with Gasteiger partial charge in [0, 0.05) is 27.8 Å². The number of rotatable bonds is 2. The molecule has 0 bridgehead atoms. The monoisotopic (exact) mass is 395 g/mol. The zero-order valence-electron chi connectivity index (χ0n) is 17.2. The molecule has 0 radical (unpaired) electrons. The van der Waals surface area contributed by atoms with Crippen molar-refractivity contribution in [1.29, 1.82) is 0 Å².